The lowest BCUT2D eigenvalue weighted by Crippen LogP contribution is -2.32. The summed E-state index contributed by atoms with van der Waals surface area (Å²) >= 11 is 0. The zero-order valence-electron chi connectivity index (χ0n) is 9.70. The summed E-state index contributed by atoms with van der Waals surface area (Å²) in [6.07, 6.45) is 3.19. The Morgan fingerprint density at radius 1 is 1.28 bits per heavy atom. The van der Waals surface area contributed by atoms with Crippen molar-refractivity contribution in [1.29, 1.82) is 0 Å². The second-order valence-corrected chi connectivity index (χ2v) is 5.05. The average Bonchev–Trinajstić information content (AvgIpc) is 2.94. The number of benzene rings is 1. The van der Waals surface area contributed by atoms with Crippen molar-refractivity contribution < 1.29 is 18.7 Å². The molecule has 2 aliphatic rings. The normalized spacial score (nSPS) is 25.8. The van der Waals surface area contributed by atoms with E-state index in [-0.39, 0.29) is 11.7 Å². The first-order valence-corrected chi connectivity index (χ1v) is 6.06. The fourth-order valence-electron chi connectivity index (χ4n) is 3.15. The van der Waals surface area contributed by atoms with Crippen molar-refractivity contribution in [2.45, 2.75) is 25.3 Å². The van der Waals surface area contributed by atoms with E-state index in [1.54, 1.807) is 0 Å². The molecule has 0 radical (unpaired) electrons. The molecule has 1 aliphatic carbocycles. The fourth-order valence-corrected chi connectivity index (χ4v) is 3.15. The molecular weight excluding hydrogens is 240 g/mol. The summed E-state index contributed by atoms with van der Waals surface area (Å²) in [5.41, 5.74) is -0.412. The van der Waals surface area contributed by atoms with Crippen molar-refractivity contribution in [3.8, 4) is 0 Å². The molecule has 0 amide bonds. The summed E-state index contributed by atoms with van der Waals surface area (Å²) in [5.74, 6) is -3.18. The van der Waals surface area contributed by atoms with Gasteiger partial charge in [-0.2, -0.15) is 0 Å². The SMILES string of the molecule is O=C(O)c1ccc(N2CC3CCC2C3)c(F)c1F. The molecule has 1 aromatic rings. The Balaban J connectivity index is 1.99. The number of anilines is 1. The van der Waals surface area contributed by atoms with Crippen LogP contribution in [0.3, 0.4) is 0 Å². The van der Waals surface area contributed by atoms with Crippen LogP contribution in [0.5, 0.6) is 0 Å². The topological polar surface area (TPSA) is 40.5 Å². The van der Waals surface area contributed by atoms with Gasteiger partial charge < -0.3 is 10.0 Å². The Kier molecular flexibility index (Phi) is 2.50. The van der Waals surface area contributed by atoms with Gasteiger partial charge >= 0.3 is 5.97 Å². The number of hydrogen-bond donors (Lipinski definition) is 1. The van der Waals surface area contributed by atoms with E-state index in [1.165, 1.54) is 6.07 Å². The molecule has 2 fully saturated rings. The minimum Gasteiger partial charge on any atom is -0.478 e. The molecule has 3 nitrogen and oxygen atoms in total. The van der Waals surface area contributed by atoms with Gasteiger partial charge in [-0.1, -0.05) is 0 Å². The van der Waals surface area contributed by atoms with Crippen LogP contribution in [0.2, 0.25) is 0 Å². The molecule has 5 heteroatoms. The highest BCUT2D eigenvalue weighted by Gasteiger charge is 2.39. The van der Waals surface area contributed by atoms with Crippen molar-refractivity contribution in [2.75, 3.05) is 11.4 Å². The third-order valence-electron chi connectivity index (χ3n) is 4.01. The maximum Gasteiger partial charge on any atom is 0.338 e. The Labute approximate surface area is 103 Å². The molecule has 1 saturated carbocycles. The van der Waals surface area contributed by atoms with Crippen LogP contribution in [0.1, 0.15) is 29.6 Å². The lowest BCUT2D eigenvalue weighted by Gasteiger charge is -2.29. The Hall–Kier alpha value is -1.65. The number of piperidine rings is 1. The smallest absolute Gasteiger partial charge is 0.338 e. The van der Waals surface area contributed by atoms with Crippen LogP contribution in [0.4, 0.5) is 14.5 Å². The quantitative estimate of drug-likeness (QED) is 0.880. The van der Waals surface area contributed by atoms with Crippen molar-refractivity contribution >= 4 is 11.7 Å². The molecule has 3 rings (SSSR count). The molecule has 1 saturated heterocycles. The zero-order valence-corrected chi connectivity index (χ0v) is 9.70. The maximum atomic E-state index is 13.9. The first kappa shape index (κ1) is 11.4. The highest BCUT2D eigenvalue weighted by atomic mass is 19.2. The Bertz CT molecular complexity index is 518. The van der Waals surface area contributed by atoms with Gasteiger partial charge in [0.2, 0.25) is 0 Å². The Morgan fingerprint density at radius 3 is 2.61 bits per heavy atom. The summed E-state index contributed by atoms with van der Waals surface area (Å²) in [7, 11) is 0. The molecule has 2 unspecified atom stereocenters. The van der Waals surface area contributed by atoms with Gasteiger partial charge in [0.05, 0.1) is 11.3 Å². The van der Waals surface area contributed by atoms with Gasteiger partial charge in [-0.25, -0.2) is 13.6 Å². The number of nitrogens with zero attached hydrogens (tertiary/aromatic N) is 1. The van der Waals surface area contributed by atoms with Gasteiger partial charge in [0.15, 0.2) is 11.6 Å². The zero-order chi connectivity index (χ0) is 12.9. The number of carboxylic acids is 1. The van der Waals surface area contributed by atoms with Crippen LogP contribution < -0.4 is 4.90 Å². The van der Waals surface area contributed by atoms with E-state index in [0.29, 0.717) is 5.92 Å². The second kappa shape index (κ2) is 3.93. The largest absolute Gasteiger partial charge is 0.478 e. The molecule has 18 heavy (non-hydrogen) atoms. The van der Waals surface area contributed by atoms with Crippen molar-refractivity contribution in [3.05, 3.63) is 29.3 Å². The van der Waals surface area contributed by atoms with Crippen molar-refractivity contribution in [1.82, 2.24) is 0 Å². The summed E-state index contributed by atoms with van der Waals surface area (Å²) in [6.45, 7) is 0.743. The molecule has 1 aromatic carbocycles. The fraction of sp³-hybridized carbons (Fsp3) is 0.462. The van der Waals surface area contributed by atoms with E-state index < -0.39 is 23.2 Å². The predicted molar refractivity (Wildman–Crippen MR) is 61.8 cm³/mol. The van der Waals surface area contributed by atoms with Crippen LogP contribution in [0.25, 0.3) is 0 Å². The summed E-state index contributed by atoms with van der Waals surface area (Å²) in [5, 5.41) is 8.73. The van der Waals surface area contributed by atoms with Gasteiger partial charge in [-0.05, 0) is 37.3 Å². The van der Waals surface area contributed by atoms with Gasteiger partial charge in [0.25, 0.3) is 0 Å². The highest BCUT2D eigenvalue weighted by molar-refractivity contribution is 5.88. The number of rotatable bonds is 2. The molecule has 0 aromatic heterocycles. The van der Waals surface area contributed by atoms with Crippen LogP contribution in [0, 0.1) is 17.6 Å². The van der Waals surface area contributed by atoms with Crippen LogP contribution in [-0.2, 0) is 0 Å². The van der Waals surface area contributed by atoms with E-state index >= 15 is 0 Å². The lowest BCUT2D eigenvalue weighted by atomic mass is 10.1. The summed E-state index contributed by atoms with van der Waals surface area (Å²) in [4.78, 5) is 12.6. The number of aromatic carboxylic acids is 1. The van der Waals surface area contributed by atoms with E-state index in [2.05, 4.69) is 0 Å². The summed E-state index contributed by atoms with van der Waals surface area (Å²) in [6, 6.07) is 2.80. The molecule has 1 aliphatic heterocycles. The predicted octanol–water partition coefficient (Wildman–Crippen LogP) is 2.65. The van der Waals surface area contributed by atoms with Gasteiger partial charge in [-0.15, -0.1) is 0 Å². The first-order chi connectivity index (χ1) is 8.58. The van der Waals surface area contributed by atoms with Gasteiger partial charge in [0.1, 0.15) is 0 Å². The van der Waals surface area contributed by atoms with Crippen molar-refractivity contribution in [2.24, 2.45) is 5.92 Å². The summed E-state index contributed by atoms with van der Waals surface area (Å²) < 4.78 is 27.5. The molecule has 0 spiro atoms. The number of hydrogen-bond acceptors (Lipinski definition) is 2. The molecule has 1 N–H and O–H groups in total. The number of halogens is 2. The van der Waals surface area contributed by atoms with Gasteiger partial charge in [0, 0.05) is 12.6 Å². The molecular formula is C13H13F2NO2. The third kappa shape index (κ3) is 1.57. The first-order valence-electron chi connectivity index (χ1n) is 6.06. The molecule has 96 valence electrons. The van der Waals surface area contributed by atoms with Crippen LogP contribution in [0.15, 0.2) is 12.1 Å². The lowest BCUT2D eigenvalue weighted by molar-refractivity contribution is 0.0690. The Morgan fingerprint density at radius 2 is 2.06 bits per heavy atom. The molecule has 2 atom stereocenters. The minimum atomic E-state index is -1.44. The number of carbonyl (C=O) groups is 1. The van der Waals surface area contributed by atoms with Gasteiger partial charge in [-0.3, -0.25) is 0 Å². The minimum absolute atomic E-state index is 0.199. The van der Waals surface area contributed by atoms with Crippen LogP contribution >= 0.6 is 0 Å². The van der Waals surface area contributed by atoms with E-state index in [9.17, 15) is 13.6 Å². The number of carboxylic acid groups (broad SMARTS) is 1. The standard InChI is InChI=1S/C13H13F2NO2/c14-11-9(13(17)18)3-4-10(12(11)15)16-6-7-1-2-8(16)5-7/h3-4,7-8H,1-2,5-6H2,(H,17,18). The van der Waals surface area contributed by atoms with Crippen LogP contribution in [-0.4, -0.2) is 23.7 Å². The number of fused-ring (bicyclic) bond motifs is 2. The van der Waals surface area contributed by atoms with E-state index in [1.807, 2.05) is 4.90 Å². The van der Waals surface area contributed by atoms with E-state index in [4.69, 9.17) is 5.11 Å². The van der Waals surface area contributed by atoms with E-state index in [0.717, 1.165) is 31.9 Å². The second-order valence-electron chi connectivity index (χ2n) is 5.05. The third-order valence-corrected chi connectivity index (χ3v) is 4.01. The highest BCUT2D eigenvalue weighted by Crippen LogP contribution is 2.41. The molecule has 2 bridgehead atoms. The average molecular weight is 253 g/mol. The maximum absolute atomic E-state index is 13.9. The molecule has 1 heterocycles. The van der Waals surface area contributed by atoms with Crippen molar-refractivity contribution in [3.63, 3.8) is 0 Å². The monoisotopic (exact) mass is 253 g/mol.